The summed E-state index contributed by atoms with van der Waals surface area (Å²) in [7, 11) is 0. The molecule has 0 saturated carbocycles. The third kappa shape index (κ3) is 3.49. The Morgan fingerprint density at radius 1 is 1.11 bits per heavy atom. The van der Waals surface area contributed by atoms with Crippen molar-refractivity contribution in [3.05, 3.63) is 71.4 Å². The van der Waals surface area contributed by atoms with Crippen molar-refractivity contribution < 1.29 is 22.5 Å². The van der Waals surface area contributed by atoms with Gasteiger partial charge in [-0.3, -0.25) is 4.79 Å². The fraction of sp³-hybridized carbons (Fsp3) is 0.250. The van der Waals surface area contributed by atoms with E-state index in [4.69, 9.17) is 4.52 Å². The molecule has 1 saturated heterocycles. The first-order valence-electron chi connectivity index (χ1n) is 8.86. The average Bonchev–Trinajstić information content (AvgIpc) is 3.18. The van der Waals surface area contributed by atoms with Crippen LogP contribution in [0.25, 0.3) is 11.4 Å². The number of halogens is 3. The second-order valence-electron chi connectivity index (χ2n) is 6.65. The number of likely N-dealkylation sites (tertiary alicyclic amines) is 1. The highest BCUT2D eigenvalue weighted by molar-refractivity contribution is 5.94. The number of hydrogen-bond acceptors (Lipinski definition) is 4. The van der Waals surface area contributed by atoms with Crippen molar-refractivity contribution >= 4 is 5.91 Å². The molecule has 0 N–H and O–H groups in total. The van der Waals surface area contributed by atoms with E-state index < -0.39 is 23.4 Å². The number of carbonyl (C=O) groups is 1. The van der Waals surface area contributed by atoms with Crippen molar-refractivity contribution in [2.24, 2.45) is 0 Å². The summed E-state index contributed by atoms with van der Waals surface area (Å²) in [6, 6.07) is 8.98. The normalized spacial score (nSPS) is 17.0. The lowest BCUT2D eigenvalue weighted by molar-refractivity contribution is 0.0691. The lowest BCUT2D eigenvalue weighted by Gasteiger charge is -2.31. The molecular formula is C20H16F3N3O2. The van der Waals surface area contributed by atoms with Crippen LogP contribution < -0.4 is 0 Å². The predicted molar refractivity (Wildman–Crippen MR) is 93.9 cm³/mol. The molecule has 0 unspecified atom stereocenters. The molecule has 144 valence electrons. The molecule has 0 bridgehead atoms. The smallest absolute Gasteiger partial charge is 0.256 e. The number of aromatic nitrogens is 2. The number of nitrogens with zero attached hydrogens (tertiary/aromatic N) is 3. The van der Waals surface area contributed by atoms with Gasteiger partial charge < -0.3 is 9.42 Å². The van der Waals surface area contributed by atoms with Gasteiger partial charge in [-0.25, -0.2) is 13.2 Å². The van der Waals surface area contributed by atoms with E-state index in [1.807, 2.05) is 0 Å². The van der Waals surface area contributed by atoms with Crippen LogP contribution in [-0.4, -0.2) is 34.0 Å². The van der Waals surface area contributed by atoms with Gasteiger partial charge in [-0.15, -0.1) is 0 Å². The van der Waals surface area contributed by atoms with Crippen molar-refractivity contribution in [2.45, 2.75) is 18.8 Å². The number of amides is 1. The number of rotatable bonds is 3. The van der Waals surface area contributed by atoms with Gasteiger partial charge in [0, 0.05) is 19.2 Å². The molecule has 1 atom stereocenters. The Labute approximate surface area is 158 Å². The fourth-order valence-corrected chi connectivity index (χ4v) is 3.35. The first-order valence-corrected chi connectivity index (χ1v) is 8.86. The standard InChI is InChI=1S/C20H16F3N3O2/c21-13-7-8-15(17(23)10-13)20(27)26-9-3-4-12(11-26)19-24-18(25-28-19)14-5-1-2-6-16(14)22/h1-2,5-8,10,12H,3-4,9,11H2/t12-/m0/s1. The second-order valence-corrected chi connectivity index (χ2v) is 6.65. The number of carbonyl (C=O) groups excluding carboxylic acids is 1. The van der Waals surface area contributed by atoms with E-state index in [0.717, 1.165) is 12.1 Å². The van der Waals surface area contributed by atoms with E-state index in [9.17, 15) is 18.0 Å². The molecule has 2 aromatic carbocycles. The van der Waals surface area contributed by atoms with Crippen LogP contribution in [0, 0.1) is 17.5 Å². The molecule has 1 aliphatic heterocycles. The molecule has 5 nitrogen and oxygen atoms in total. The molecule has 28 heavy (non-hydrogen) atoms. The highest BCUT2D eigenvalue weighted by Crippen LogP contribution is 2.29. The Balaban J connectivity index is 1.53. The zero-order valence-electron chi connectivity index (χ0n) is 14.7. The minimum Gasteiger partial charge on any atom is -0.339 e. The van der Waals surface area contributed by atoms with Gasteiger partial charge in [-0.2, -0.15) is 4.98 Å². The third-order valence-electron chi connectivity index (χ3n) is 4.78. The van der Waals surface area contributed by atoms with Gasteiger partial charge in [0.1, 0.15) is 17.5 Å². The van der Waals surface area contributed by atoms with Gasteiger partial charge in [-0.1, -0.05) is 17.3 Å². The maximum absolute atomic E-state index is 13.9. The summed E-state index contributed by atoms with van der Waals surface area (Å²) >= 11 is 0. The Bertz CT molecular complexity index is 1020. The van der Waals surface area contributed by atoms with Crippen LogP contribution >= 0.6 is 0 Å². The zero-order chi connectivity index (χ0) is 19.7. The van der Waals surface area contributed by atoms with Crippen LogP contribution in [0.15, 0.2) is 47.0 Å². The summed E-state index contributed by atoms with van der Waals surface area (Å²) in [6.45, 7) is 0.703. The molecule has 1 aliphatic rings. The first-order chi connectivity index (χ1) is 13.5. The molecule has 1 amide bonds. The van der Waals surface area contributed by atoms with Crippen LogP contribution in [-0.2, 0) is 0 Å². The molecule has 0 aliphatic carbocycles. The van der Waals surface area contributed by atoms with Gasteiger partial charge in [0.2, 0.25) is 11.7 Å². The molecule has 3 aromatic rings. The van der Waals surface area contributed by atoms with Crippen LogP contribution in [0.1, 0.15) is 35.0 Å². The maximum atomic E-state index is 13.9. The van der Waals surface area contributed by atoms with Crippen molar-refractivity contribution in [1.29, 1.82) is 0 Å². The van der Waals surface area contributed by atoms with Crippen molar-refractivity contribution in [2.75, 3.05) is 13.1 Å². The SMILES string of the molecule is O=C(c1ccc(F)cc1F)N1CCC[C@H](c2nc(-c3ccccc3F)no2)C1. The summed E-state index contributed by atoms with van der Waals surface area (Å²) in [5.74, 6) is -2.41. The highest BCUT2D eigenvalue weighted by Gasteiger charge is 2.30. The fourth-order valence-electron chi connectivity index (χ4n) is 3.35. The topological polar surface area (TPSA) is 59.2 Å². The van der Waals surface area contributed by atoms with Crippen molar-refractivity contribution in [1.82, 2.24) is 15.0 Å². The van der Waals surface area contributed by atoms with Crippen molar-refractivity contribution in [3.63, 3.8) is 0 Å². The first kappa shape index (κ1) is 18.2. The van der Waals surface area contributed by atoms with E-state index in [1.54, 1.807) is 18.2 Å². The summed E-state index contributed by atoms with van der Waals surface area (Å²) in [5, 5.41) is 3.84. The van der Waals surface area contributed by atoms with Gasteiger partial charge in [-0.05, 0) is 37.1 Å². The number of piperidine rings is 1. The largest absolute Gasteiger partial charge is 0.339 e. The Kier molecular flexibility index (Phi) is 4.85. The zero-order valence-corrected chi connectivity index (χ0v) is 14.7. The molecule has 0 spiro atoms. The minimum absolute atomic E-state index is 0.140. The Morgan fingerprint density at radius 3 is 2.71 bits per heavy atom. The molecule has 0 radical (unpaired) electrons. The van der Waals surface area contributed by atoms with Crippen LogP contribution in [0.2, 0.25) is 0 Å². The Morgan fingerprint density at radius 2 is 1.93 bits per heavy atom. The summed E-state index contributed by atoms with van der Waals surface area (Å²) < 4.78 is 46.2. The Hall–Kier alpha value is -3.16. The van der Waals surface area contributed by atoms with E-state index in [1.165, 1.54) is 11.0 Å². The van der Waals surface area contributed by atoms with E-state index in [0.29, 0.717) is 31.3 Å². The number of hydrogen-bond donors (Lipinski definition) is 0. The summed E-state index contributed by atoms with van der Waals surface area (Å²) in [6.07, 6.45) is 1.37. The van der Waals surface area contributed by atoms with Gasteiger partial charge >= 0.3 is 0 Å². The summed E-state index contributed by atoms with van der Waals surface area (Å²) in [4.78, 5) is 18.4. The van der Waals surface area contributed by atoms with Gasteiger partial charge in [0.15, 0.2) is 0 Å². The van der Waals surface area contributed by atoms with E-state index >= 15 is 0 Å². The molecule has 1 fully saturated rings. The van der Waals surface area contributed by atoms with Crippen LogP contribution in [0.4, 0.5) is 13.2 Å². The third-order valence-corrected chi connectivity index (χ3v) is 4.78. The average molecular weight is 387 g/mol. The maximum Gasteiger partial charge on any atom is 0.256 e. The molecule has 2 heterocycles. The van der Waals surface area contributed by atoms with E-state index in [-0.39, 0.29) is 29.4 Å². The van der Waals surface area contributed by atoms with E-state index in [2.05, 4.69) is 10.1 Å². The minimum atomic E-state index is -0.897. The highest BCUT2D eigenvalue weighted by atomic mass is 19.1. The molecule has 1 aromatic heterocycles. The predicted octanol–water partition coefficient (Wildman–Crippen LogP) is 4.17. The lowest BCUT2D eigenvalue weighted by atomic mass is 9.97. The molecular weight excluding hydrogens is 371 g/mol. The van der Waals surface area contributed by atoms with Crippen LogP contribution in [0.3, 0.4) is 0 Å². The van der Waals surface area contributed by atoms with Gasteiger partial charge in [0.05, 0.1) is 17.0 Å². The van der Waals surface area contributed by atoms with Crippen molar-refractivity contribution in [3.8, 4) is 11.4 Å². The summed E-state index contributed by atoms with van der Waals surface area (Å²) in [5.41, 5.74) is 0.0502. The second kappa shape index (κ2) is 7.46. The van der Waals surface area contributed by atoms with Crippen LogP contribution in [0.5, 0.6) is 0 Å². The lowest BCUT2D eigenvalue weighted by Crippen LogP contribution is -2.39. The van der Waals surface area contributed by atoms with Gasteiger partial charge in [0.25, 0.3) is 5.91 Å². The molecule has 4 rings (SSSR count). The number of benzene rings is 2. The monoisotopic (exact) mass is 387 g/mol. The molecule has 8 heteroatoms. The quantitative estimate of drug-likeness (QED) is 0.677.